The van der Waals surface area contributed by atoms with E-state index in [9.17, 15) is 4.79 Å². The number of rotatable bonds is 3. The van der Waals surface area contributed by atoms with Crippen molar-refractivity contribution in [2.45, 2.75) is 19.4 Å². The van der Waals surface area contributed by atoms with Crippen molar-refractivity contribution in [1.82, 2.24) is 4.98 Å². The molecule has 0 spiro atoms. The Kier molecular flexibility index (Phi) is 4.81. The average Bonchev–Trinajstić information content (AvgIpc) is 2.28. The average molecular weight is 215 g/mol. The summed E-state index contributed by atoms with van der Waals surface area (Å²) in [7, 11) is 0. The van der Waals surface area contributed by atoms with Crippen LogP contribution in [0.1, 0.15) is 18.9 Å². The van der Waals surface area contributed by atoms with Crippen LogP contribution >= 0.6 is 0 Å². The monoisotopic (exact) mass is 215 g/mol. The van der Waals surface area contributed by atoms with E-state index in [1.807, 2.05) is 12.1 Å². The molecule has 82 valence electrons. The first-order valence-corrected chi connectivity index (χ1v) is 4.91. The fraction of sp³-hybridized carbons (Fsp3) is 0.231. The third kappa shape index (κ3) is 4.43. The van der Waals surface area contributed by atoms with Crippen LogP contribution in [-0.2, 0) is 9.53 Å². The van der Waals surface area contributed by atoms with Crippen molar-refractivity contribution >= 4 is 5.97 Å². The van der Waals surface area contributed by atoms with Gasteiger partial charge in [-0.25, -0.2) is 0 Å². The summed E-state index contributed by atoms with van der Waals surface area (Å²) >= 11 is 0. The second-order valence-corrected chi connectivity index (χ2v) is 3.13. The molecule has 0 aliphatic rings. The molecule has 0 N–H and O–H groups in total. The minimum atomic E-state index is -0.346. The molecule has 0 aromatic carbocycles. The van der Waals surface area contributed by atoms with Crippen LogP contribution in [0.5, 0.6) is 0 Å². The molecular weight excluding hydrogens is 202 g/mol. The number of esters is 1. The summed E-state index contributed by atoms with van der Waals surface area (Å²) in [5.41, 5.74) is 0.841. The zero-order valence-electron chi connectivity index (χ0n) is 9.14. The fourth-order valence-corrected chi connectivity index (χ4v) is 1.08. The zero-order chi connectivity index (χ0) is 11.8. The van der Waals surface area contributed by atoms with Crippen molar-refractivity contribution in [1.29, 1.82) is 0 Å². The van der Waals surface area contributed by atoms with Gasteiger partial charge in [0.1, 0.15) is 6.10 Å². The number of hydrogen-bond acceptors (Lipinski definition) is 3. The number of carbonyl (C=O) groups excluding carboxylic acids is 1. The van der Waals surface area contributed by atoms with Crippen molar-refractivity contribution in [2.75, 3.05) is 0 Å². The van der Waals surface area contributed by atoms with Gasteiger partial charge in [-0.2, -0.15) is 0 Å². The van der Waals surface area contributed by atoms with Gasteiger partial charge in [0.15, 0.2) is 0 Å². The molecule has 0 bridgehead atoms. The third-order valence-electron chi connectivity index (χ3n) is 1.78. The van der Waals surface area contributed by atoms with Gasteiger partial charge in [-0.05, 0) is 12.1 Å². The summed E-state index contributed by atoms with van der Waals surface area (Å²) in [6.45, 7) is 4.95. The number of carbonyl (C=O) groups is 1. The van der Waals surface area contributed by atoms with E-state index < -0.39 is 0 Å². The highest BCUT2D eigenvalue weighted by Gasteiger charge is 2.04. The highest BCUT2D eigenvalue weighted by Crippen LogP contribution is 2.00. The number of pyridine rings is 1. The maximum atomic E-state index is 10.7. The van der Waals surface area contributed by atoms with E-state index in [4.69, 9.17) is 4.74 Å². The number of aromatic nitrogens is 1. The highest BCUT2D eigenvalue weighted by molar-refractivity contribution is 5.66. The van der Waals surface area contributed by atoms with Gasteiger partial charge in [0.25, 0.3) is 0 Å². The van der Waals surface area contributed by atoms with Gasteiger partial charge in [0, 0.05) is 24.9 Å². The molecular formula is C13H13NO2. The van der Waals surface area contributed by atoms with Gasteiger partial charge in [0.05, 0.1) is 6.42 Å². The van der Waals surface area contributed by atoms with E-state index in [2.05, 4.69) is 23.4 Å². The third-order valence-corrected chi connectivity index (χ3v) is 1.78. The molecule has 0 aliphatic carbocycles. The molecule has 1 heterocycles. The predicted octanol–water partition coefficient (Wildman–Crippen LogP) is 1.94. The van der Waals surface area contributed by atoms with Crippen LogP contribution in [0.25, 0.3) is 0 Å². The standard InChI is InChI=1S/C13H13NO2/c1-3-13(16-11(2)15)8-4-6-12-7-5-9-14-10-12/h3,5,7,9-10,13H,1,8H2,2H3. The summed E-state index contributed by atoms with van der Waals surface area (Å²) in [6.07, 6.45) is 5.04. The quantitative estimate of drug-likeness (QED) is 0.439. The molecule has 0 saturated carbocycles. The molecule has 1 atom stereocenters. The van der Waals surface area contributed by atoms with Gasteiger partial charge in [-0.1, -0.05) is 24.5 Å². The van der Waals surface area contributed by atoms with Crippen molar-refractivity contribution in [3.05, 3.63) is 42.7 Å². The van der Waals surface area contributed by atoms with Gasteiger partial charge >= 0.3 is 5.97 Å². The van der Waals surface area contributed by atoms with Crippen molar-refractivity contribution in [2.24, 2.45) is 0 Å². The maximum Gasteiger partial charge on any atom is 0.303 e. The smallest absolute Gasteiger partial charge is 0.303 e. The van der Waals surface area contributed by atoms with Crippen LogP contribution in [0.4, 0.5) is 0 Å². The molecule has 1 aromatic heterocycles. The highest BCUT2D eigenvalue weighted by atomic mass is 16.5. The second-order valence-electron chi connectivity index (χ2n) is 3.13. The van der Waals surface area contributed by atoms with E-state index in [1.165, 1.54) is 6.92 Å². The fourth-order valence-electron chi connectivity index (χ4n) is 1.08. The van der Waals surface area contributed by atoms with Crippen molar-refractivity contribution < 1.29 is 9.53 Å². The molecule has 1 rings (SSSR count). The minimum absolute atomic E-state index is 0.326. The van der Waals surface area contributed by atoms with Crippen LogP contribution in [0.3, 0.4) is 0 Å². The van der Waals surface area contributed by atoms with E-state index in [-0.39, 0.29) is 12.1 Å². The maximum absolute atomic E-state index is 10.7. The van der Waals surface area contributed by atoms with Crippen molar-refractivity contribution in [3.63, 3.8) is 0 Å². The molecule has 0 aliphatic heterocycles. The number of hydrogen-bond donors (Lipinski definition) is 0. The lowest BCUT2D eigenvalue weighted by molar-refractivity contribution is -0.143. The molecule has 0 fully saturated rings. The predicted molar refractivity (Wildman–Crippen MR) is 61.5 cm³/mol. The molecule has 16 heavy (non-hydrogen) atoms. The van der Waals surface area contributed by atoms with Crippen LogP contribution in [0.15, 0.2) is 37.2 Å². The Balaban J connectivity index is 2.53. The van der Waals surface area contributed by atoms with Crippen molar-refractivity contribution in [3.8, 4) is 11.8 Å². The molecule has 0 amide bonds. The van der Waals surface area contributed by atoms with Crippen LogP contribution in [0.2, 0.25) is 0 Å². The molecule has 0 radical (unpaired) electrons. The van der Waals surface area contributed by atoms with Crippen LogP contribution in [-0.4, -0.2) is 17.1 Å². The lowest BCUT2D eigenvalue weighted by Crippen LogP contribution is -2.12. The van der Waals surface area contributed by atoms with E-state index >= 15 is 0 Å². The lowest BCUT2D eigenvalue weighted by atomic mass is 10.2. The lowest BCUT2D eigenvalue weighted by Gasteiger charge is -2.08. The summed E-state index contributed by atoms with van der Waals surface area (Å²) in [4.78, 5) is 14.7. The molecule has 3 heteroatoms. The van der Waals surface area contributed by atoms with E-state index in [0.717, 1.165) is 5.56 Å². The Bertz CT molecular complexity index is 415. The van der Waals surface area contributed by atoms with Gasteiger partial charge < -0.3 is 4.74 Å². The SMILES string of the molecule is C=CC(CC#Cc1cccnc1)OC(C)=O. The number of ether oxygens (including phenoxy) is 1. The number of nitrogens with zero attached hydrogens (tertiary/aromatic N) is 1. The molecule has 1 unspecified atom stereocenters. The Morgan fingerprint density at radius 3 is 3.12 bits per heavy atom. The van der Waals surface area contributed by atoms with Gasteiger partial charge in [0.2, 0.25) is 0 Å². The van der Waals surface area contributed by atoms with Crippen LogP contribution < -0.4 is 0 Å². The molecule has 0 saturated heterocycles. The first kappa shape index (κ1) is 12.0. The minimum Gasteiger partial charge on any atom is -0.457 e. The van der Waals surface area contributed by atoms with Gasteiger partial charge in [-0.15, -0.1) is 0 Å². The van der Waals surface area contributed by atoms with Gasteiger partial charge in [-0.3, -0.25) is 9.78 Å². The Morgan fingerprint density at radius 2 is 2.56 bits per heavy atom. The normalized spacial score (nSPS) is 10.8. The Hall–Kier alpha value is -2.08. The summed E-state index contributed by atoms with van der Waals surface area (Å²) < 4.78 is 4.96. The summed E-state index contributed by atoms with van der Waals surface area (Å²) in [5, 5.41) is 0. The van der Waals surface area contributed by atoms with E-state index in [0.29, 0.717) is 6.42 Å². The van der Waals surface area contributed by atoms with E-state index in [1.54, 1.807) is 18.5 Å². The Morgan fingerprint density at radius 1 is 1.75 bits per heavy atom. The van der Waals surface area contributed by atoms with Crippen LogP contribution in [0, 0.1) is 11.8 Å². The second kappa shape index (κ2) is 6.41. The first-order valence-electron chi connectivity index (χ1n) is 4.91. The summed E-state index contributed by atoms with van der Waals surface area (Å²) in [6, 6.07) is 3.69. The molecule has 1 aromatic rings. The Labute approximate surface area is 95.2 Å². The summed E-state index contributed by atoms with van der Waals surface area (Å²) in [5.74, 6) is 5.52. The molecule has 3 nitrogen and oxygen atoms in total. The zero-order valence-corrected chi connectivity index (χ0v) is 9.14. The largest absolute Gasteiger partial charge is 0.457 e. The topological polar surface area (TPSA) is 39.2 Å². The first-order chi connectivity index (χ1) is 7.72.